The van der Waals surface area contributed by atoms with Crippen LogP contribution in [0.15, 0.2) is 35.4 Å². The van der Waals surface area contributed by atoms with Crippen molar-refractivity contribution in [1.29, 1.82) is 0 Å². The van der Waals surface area contributed by atoms with Crippen LogP contribution in [-0.4, -0.2) is 26.4 Å². The summed E-state index contributed by atoms with van der Waals surface area (Å²) in [6, 6.07) is 7.94. The lowest BCUT2D eigenvalue weighted by atomic mass is 10.0. The molecule has 140 valence electrons. The molecule has 3 aromatic rings. The van der Waals surface area contributed by atoms with Gasteiger partial charge < -0.3 is 5.32 Å². The molecule has 7 heteroatoms. The molecule has 0 bridgehead atoms. The summed E-state index contributed by atoms with van der Waals surface area (Å²) in [6.07, 6.45) is 2.65. The molecular formula is C20H21ClN4OS. The average Bonchev–Trinajstić information content (AvgIpc) is 3.04. The predicted octanol–water partition coefficient (Wildman–Crippen LogP) is 4.94. The molecule has 4 rings (SSSR count). The smallest absolute Gasteiger partial charge is 0.253 e. The van der Waals surface area contributed by atoms with Crippen LogP contribution >= 0.6 is 23.4 Å². The minimum Gasteiger partial charge on any atom is -0.345 e. The number of benzene rings is 1. The number of carbonyl (C=O) groups excluding carboxylic acids is 1. The van der Waals surface area contributed by atoms with Gasteiger partial charge in [-0.05, 0) is 57.0 Å². The van der Waals surface area contributed by atoms with Gasteiger partial charge in [0.05, 0.1) is 23.5 Å². The lowest BCUT2D eigenvalue weighted by molar-refractivity contribution is 0.0934. The highest BCUT2D eigenvalue weighted by Crippen LogP contribution is 2.37. The van der Waals surface area contributed by atoms with E-state index in [1.807, 2.05) is 35.9 Å². The highest BCUT2D eigenvalue weighted by molar-refractivity contribution is 7.99. The lowest BCUT2D eigenvalue weighted by Gasteiger charge is -2.26. The molecule has 27 heavy (non-hydrogen) atoms. The third-order valence-electron chi connectivity index (χ3n) is 4.81. The molecule has 3 heterocycles. The van der Waals surface area contributed by atoms with Gasteiger partial charge in [0, 0.05) is 27.1 Å². The van der Waals surface area contributed by atoms with E-state index in [-0.39, 0.29) is 18.0 Å². The zero-order valence-electron chi connectivity index (χ0n) is 15.5. The number of hydrogen-bond donors (Lipinski definition) is 1. The Kier molecular flexibility index (Phi) is 4.86. The van der Waals surface area contributed by atoms with Crippen molar-refractivity contribution in [2.75, 3.05) is 5.75 Å². The summed E-state index contributed by atoms with van der Waals surface area (Å²) < 4.78 is 1.88. The predicted molar refractivity (Wildman–Crippen MR) is 110 cm³/mol. The van der Waals surface area contributed by atoms with Gasteiger partial charge in [0.1, 0.15) is 0 Å². The molecule has 0 saturated heterocycles. The van der Waals surface area contributed by atoms with Crippen LogP contribution in [-0.2, 0) is 0 Å². The highest BCUT2D eigenvalue weighted by atomic mass is 35.5. The van der Waals surface area contributed by atoms with E-state index in [4.69, 9.17) is 11.6 Å². The Morgan fingerprint density at radius 3 is 2.96 bits per heavy atom. The lowest BCUT2D eigenvalue weighted by Crippen LogP contribution is -2.31. The molecule has 1 N–H and O–H groups in total. The quantitative estimate of drug-likeness (QED) is 0.676. The summed E-state index contributed by atoms with van der Waals surface area (Å²) in [7, 11) is 0. The van der Waals surface area contributed by atoms with Crippen molar-refractivity contribution in [2.45, 2.75) is 44.2 Å². The maximum atomic E-state index is 13.0. The molecule has 0 fully saturated rings. The zero-order valence-corrected chi connectivity index (χ0v) is 17.1. The largest absolute Gasteiger partial charge is 0.345 e. The summed E-state index contributed by atoms with van der Waals surface area (Å²) in [4.78, 5) is 18.8. The number of hydrogen-bond acceptors (Lipinski definition) is 4. The molecule has 1 amide bonds. The average molecular weight is 401 g/mol. The fourth-order valence-corrected chi connectivity index (χ4v) is 4.71. The third-order valence-corrected chi connectivity index (χ3v) is 6.17. The number of fused-ring (bicyclic) bond motifs is 2. The standard InChI is InChI=1S/C20H21ClN4OS/c1-11(2)25-19-13(10-22-25)8-15(12(3)23-19)20(26)24-17-6-7-27-18-5-4-14(21)9-16(17)18/h4-5,8-11,17H,6-7H2,1-3H3,(H,24,26)/t17-/m1/s1. The van der Waals surface area contributed by atoms with Crippen LogP contribution in [0.4, 0.5) is 0 Å². The Morgan fingerprint density at radius 2 is 2.19 bits per heavy atom. The molecular weight excluding hydrogens is 380 g/mol. The third kappa shape index (κ3) is 3.44. The van der Waals surface area contributed by atoms with Crippen molar-refractivity contribution in [3.05, 3.63) is 52.3 Å². The first-order valence-electron chi connectivity index (χ1n) is 9.02. The molecule has 0 unspecified atom stereocenters. The molecule has 1 aromatic carbocycles. The Hall–Kier alpha value is -2.05. The topological polar surface area (TPSA) is 59.8 Å². The van der Waals surface area contributed by atoms with Crippen molar-refractivity contribution >= 4 is 40.3 Å². The van der Waals surface area contributed by atoms with E-state index in [1.54, 1.807) is 18.0 Å². The number of nitrogens with one attached hydrogen (secondary N) is 1. The van der Waals surface area contributed by atoms with Gasteiger partial charge in [-0.15, -0.1) is 11.8 Å². The fraction of sp³-hybridized carbons (Fsp3) is 0.350. The van der Waals surface area contributed by atoms with Crippen molar-refractivity contribution in [2.24, 2.45) is 0 Å². The molecule has 0 radical (unpaired) electrons. The second-order valence-electron chi connectivity index (χ2n) is 7.06. The molecule has 0 saturated carbocycles. The monoisotopic (exact) mass is 400 g/mol. The van der Waals surface area contributed by atoms with E-state index in [0.29, 0.717) is 16.3 Å². The molecule has 0 spiro atoms. The number of nitrogens with zero attached hydrogens (tertiary/aromatic N) is 3. The van der Waals surface area contributed by atoms with E-state index in [2.05, 4.69) is 29.2 Å². The van der Waals surface area contributed by atoms with E-state index < -0.39 is 0 Å². The van der Waals surface area contributed by atoms with Gasteiger partial charge in [-0.3, -0.25) is 4.79 Å². The summed E-state index contributed by atoms with van der Waals surface area (Å²) >= 11 is 7.97. The van der Waals surface area contributed by atoms with Crippen molar-refractivity contribution in [3.63, 3.8) is 0 Å². The van der Waals surface area contributed by atoms with Crippen LogP contribution in [0.25, 0.3) is 11.0 Å². The molecule has 2 aromatic heterocycles. The number of pyridine rings is 1. The van der Waals surface area contributed by atoms with Crippen LogP contribution < -0.4 is 5.32 Å². The number of thioether (sulfide) groups is 1. The van der Waals surface area contributed by atoms with Gasteiger partial charge in [0.25, 0.3) is 5.91 Å². The first-order chi connectivity index (χ1) is 12.9. The summed E-state index contributed by atoms with van der Waals surface area (Å²) in [6.45, 7) is 6.00. The zero-order chi connectivity index (χ0) is 19.1. The first-order valence-corrected chi connectivity index (χ1v) is 10.4. The number of carbonyl (C=O) groups is 1. The maximum Gasteiger partial charge on any atom is 0.253 e. The van der Waals surface area contributed by atoms with Gasteiger partial charge in [-0.1, -0.05) is 11.6 Å². The summed E-state index contributed by atoms with van der Waals surface area (Å²) in [5.41, 5.74) is 3.20. The van der Waals surface area contributed by atoms with Crippen LogP contribution in [0.1, 0.15) is 54.0 Å². The van der Waals surface area contributed by atoms with Crippen molar-refractivity contribution in [3.8, 4) is 0 Å². The molecule has 5 nitrogen and oxygen atoms in total. The SMILES string of the molecule is Cc1nc2c(cnn2C(C)C)cc1C(=O)N[C@@H]1CCSc2ccc(Cl)cc21. The van der Waals surface area contributed by atoms with E-state index in [0.717, 1.165) is 28.8 Å². The van der Waals surface area contributed by atoms with Crippen LogP contribution in [0.5, 0.6) is 0 Å². The summed E-state index contributed by atoms with van der Waals surface area (Å²) in [5.74, 6) is 0.860. The Labute approximate surface area is 167 Å². The van der Waals surface area contributed by atoms with Crippen LogP contribution in [0.3, 0.4) is 0 Å². The van der Waals surface area contributed by atoms with Crippen LogP contribution in [0.2, 0.25) is 5.02 Å². The Balaban J connectivity index is 1.65. The molecule has 1 atom stereocenters. The number of rotatable bonds is 3. The second-order valence-corrected chi connectivity index (χ2v) is 8.64. The highest BCUT2D eigenvalue weighted by Gasteiger charge is 2.24. The number of aromatic nitrogens is 3. The fourth-order valence-electron chi connectivity index (χ4n) is 3.42. The van der Waals surface area contributed by atoms with Crippen LogP contribution in [0, 0.1) is 6.92 Å². The number of amides is 1. The van der Waals surface area contributed by atoms with Gasteiger partial charge in [-0.25, -0.2) is 9.67 Å². The van der Waals surface area contributed by atoms with Gasteiger partial charge in [0.15, 0.2) is 5.65 Å². The number of halogens is 1. The van der Waals surface area contributed by atoms with E-state index >= 15 is 0 Å². The van der Waals surface area contributed by atoms with Gasteiger partial charge >= 0.3 is 0 Å². The molecule has 1 aliphatic heterocycles. The minimum absolute atomic E-state index is 0.0408. The van der Waals surface area contributed by atoms with Crippen molar-refractivity contribution < 1.29 is 4.79 Å². The van der Waals surface area contributed by atoms with E-state index in [9.17, 15) is 4.79 Å². The molecule has 0 aliphatic carbocycles. The normalized spacial score (nSPS) is 16.6. The summed E-state index contributed by atoms with van der Waals surface area (Å²) in [5, 5.41) is 9.14. The second kappa shape index (κ2) is 7.17. The van der Waals surface area contributed by atoms with Gasteiger partial charge in [-0.2, -0.15) is 5.10 Å². The maximum absolute atomic E-state index is 13.0. The Morgan fingerprint density at radius 1 is 1.37 bits per heavy atom. The van der Waals surface area contributed by atoms with Crippen molar-refractivity contribution in [1.82, 2.24) is 20.1 Å². The first kappa shape index (κ1) is 18.3. The van der Waals surface area contributed by atoms with E-state index in [1.165, 1.54) is 4.90 Å². The Bertz CT molecular complexity index is 1030. The molecule has 1 aliphatic rings. The minimum atomic E-state index is -0.109. The number of aryl methyl sites for hydroxylation is 1. The van der Waals surface area contributed by atoms with Gasteiger partial charge in [0.2, 0.25) is 0 Å².